The molecule has 1 aromatic carbocycles. The summed E-state index contributed by atoms with van der Waals surface area (Å²) in [6.07, 6.45) is 2.95. The molecule has 0 amide bonds. The van der Waals surface area contributed by atoms with E-state index in [0.717, 1.165) is 30.5 Å². The Kier molecular flexibility index (Phi) is 6.78. The van der Waals surface area contributed by atoms with E-state index in [1.165, 1.54) is 5.56 Å². The van der Waals surface area contributed by atoms with Gasteiger partial charge in [0.2, 0.25) is 0 Å². The summed E-state index contributed by atoms with van der Waals surface area (Å²) in [5, 5.41) is 0. The van der Waals surface area contributed by atoms with Crippen LogP contribution in [0.3, 0.4) is 0 Å². The summed E-state index contributed by atoms with van der Waals surface area (Å²) < 4.78 is 1.16. The number of rotatable bonds is 7. The standard InChI is InChI=1S/C13H17BrClN/c1-2-9-16(10-5-8-15)11-12-6-3-4-7-13(12)14/h2-4,6-7H,1,5,8-11H2. The van der Waals surface area contributed by atoms with E-state index in [4.69, 9.17) is 11.6 Å². The molecule has 0 aliphatic carbocycles. The summed E-state index contributed by atoms with van der Waals surface area (Å²) in [6, 6.07) is 8.31. The maximum atomic E-state index is 5.72. The molecule has 0 bridgehead atoms. The monoisotopic (exact) mass is 301 g/mol. The van der Waals surface area contributed by atoms with Gasteiger partial charge in [-0.2, -0.15) is 0 Å². The molecule has 1 rings (SSSR count). The van der Waals surface area contributed by atoms with E-state index < -0.39 is 0 Å². The Labute approximate surface area is 111 Å². The van der Waals surface area contributed by atoms with Crippen molar-refractivity contribution in [3.63, 3.8) is 0 Å². The van der Waals surface area contributed by atoms with Crippen LogP contribution in [-0.4, -0.2) is 23.9 Å². The first kappa shape index (κ1) is 13.8. The molecule has 1 nitrogen and oxygen atoms in total. The Balaban J connectivity index is 2.60. The first-order chi connectivity index (χ1) is 7.77. The average molecular weight is 303 g/mol. The predicted molar refractivity (Wildman–Crippen MR) is 75.0 cm³/mol. The topological polar surface area (TPSA) is 3.24 Å². The van der Waals surface area contributed by atoms with E-state index >= 15 is 0 Å². The number of alkyl halides is 1. The van der Waals surface area contributed by atoms with Gasteiger partial charge in [-0.05, 0) is 24.6 Å². The van der Waals surface area contributed by atoms with E-state index in [-0.39, 0.29) is 0 Å². The van der Waals surface area contributed by atoms with E-state index in [1.807, 2.05) is 12.1 Å². The minimum Gasteiger partial charge on any atom is -0.295 e. The van der Waals surface area contributed by atoms with Gasteiger partial charge in [0.05, 0.1) is 0 Å². The second-order valence-electron chi connectivity index (χ2n) is 3.66. The smallest absolute Gasteiger partial charge is 0.0248 e. The van der Waals surface area contributed by atoms with Gasteiger partial charge in [0.1, 0.15) is 0 Å². The molecule has 1 aromatic rings. The van der Waals surface area contributed by atoms with Crippen molar-refractivity contribution in [3.8, 4) is 0 Å². The molecule has 3 heteroatoms. The maximum Gasteiger partial charge on any atom is 0.0248 e. The van der Waals surface area contributed by atoms with Gasteiger partial charge in [-0.1, -0.05) is 40.2 Å². The third-order valence-electron chi connectivity index (χ3n) is 2.35. The Morgan fingerprint density at radius 2 is 2.12 bits per heavy atom. The molecule has 0 fully saturated rings. The molecular weight excluding hydrogens is 286 g/mol. The predicted octanol–water partition coefficient (Wildman–Crippen LogP) is 4.07. The zero-order valence-electron chi connectivity index (χ0n) is 9.33. The summed E-state index contributed by atoms with van der Waals surface area (Å²) in [5.74, 6) is 0.712. The molecule has 0 unspecified atom stereocenters. The van der Waals surface area contributed by atoms with Gasteiger partial charge in [0, 0.05) is 23.4 Å². The number of halogens is 2. The van der Waals surface area contributed by atoms with Crippen LogP contribution < -0.4 is 0 Å². The fraction of sp³-hybridized carbons (Fsp3) is 0.385. The Bertz CT molecular complexity index is 327. The lowest BCUT2D eigenvalue weighted by atomic mass is 10.2. The fourth-order valence-electron chi connectivity index (χ4n) is 1.57. The van der Waals surface area contributed by atoms with Crippen LogP contribution >= 0.6 is 27.5 Å². The molecule has 0 saturated heterocycles. The van der Waals surface area contributed by atoms with Crippen molar-refractivity contribution in [3.05, 3.63) is 47.0 Å². The van der Waals surface area contributed by atoms with Gasteiger partial charge < -0.3 is 0 Å². The Hall–Kier alpha value is -0.310. The molecule has 16 heavy (non-hydrogen) atoms. The van der Waals surface area contributed by atoms with Crippen LogP contribution in [0.1, 0.15) is 12.0 Å². The second-order valence-corrected chi connectivity index (χ2v) is 4.89. The normalized spacial score (nSPS) is 10.7. The summed E-state index contributed by atoms with van der Waals surface area (Å²) in [4.78, 5) is 2.34. The largest absolute Gasteiger partial charge is 0.295 e. The number of hydrogen-bond acceptors (Lipinski definition) is 1. The molecule has 0 heterocycles. The Morgan fingerprint density at radius 3 is 2.75 bits per heavy atom. The lowest BCUT2D eigenvalue weighted by Crippen LogP contribution is -2.25. The van der Waals surface area contributed by atoms with Gasteiger partial charge in [-0.3, -0.25) is 4.90 Å². The molecule has 0 radical (unpaired) electrons. The third kappa shape index (κ3) is 4.69. The van der Waals surface area contributed by atoms with Crippen LogP contribution in [0.4, 0.5) is 0 Å². The summed E-state index contributed by atoms with van der Waals surface area (Å²) >= 11 is 9.28. The van der Waals surface area contributed by atoms with Gasteiger partial charge in [0.15, 0.2) is 0 Å². The fourth-order valence-corrected chi connectivity index (χ4v) is 2.10. The van der Waals surface area contributed by atoms with Crippen LogP contribution in [0.15, 0.2) is 41.4 Å². The minimum atomic E-state index is 0.712. The highest BCUT2D eigenvalue weighted by atomic mass is 79.9. The van der Waals surface area contributed by atoms with Crippen LogP contribution in [-0.2, 0) is 6.54 Å². The van der Waals surface area contributed by atoms with Gasteiger partial charge in [0.25, 0.3) is 0 Å². The summed E-state index contributed by atoms with van der Waals surface area (Å²) in [5.41, 5.74) is 1.30. The zero-order chi connectivity index (χ0) is 11.8. The van der Waals surface area contributed by atoms with Crippen LogP contribution in [0.5, 0.6) is 0 Å². The molecular formula is C13H17BrClN. The zero-order valence-corrected chi connectivity index (χ0v) is 11.7. The summed E-state index contributed by atoms with van der Waals surface area (Å²) in [6.45, 7) is 6.63. The van der Waals surface area contributed by atoms with Crippen molar-refractivity contribution in [2.75, 3.05) is 19.0 Å². The SMILES string of the molecule is C=CCN(CCCCl)Cc1ccccc1Br. The van der Waals surface area contributed by atoms with E-state index in [0.29, 0.717) is 5.88 Å². The molecule has 0 aromatic heterocycles. The molecule has 0 atom stereocenters. The maximum absolute atomic E-state index is 5.72. The van der Waals surface area contributed by atoms with E-state index in [9.17, 15) is 0 Å². The van der Waals surface area contributed by atoms with Crippen molar-refractivity contribution in [2.45, 2.75) is 13.0 Å². The second kappa shape index (κ2) is 7.88. The minimum absolute atomic E-state index is 0.712. The highest BCUT2D eigenvalue weighted by Gasteiger charge is 2.05. The van der Waals surface area contributed by atoms with Crippen molar-refractivity contribution < 1.29 is 0 Å². The molecule has 0 spiro atoms. The van der Waals surface area contributed by atoms with Crippen molar-refractivity contribution >= 4 is 27.5 Å². The van der Waals surface area contributed by atoms with Crippen LogP contribution in [0, 0.1) is 0 Å². The molecule has 88 valence electrons. The van der Waals surface area contributed by atoms with Crippen LogP contribution in [0.2, 0.25) is 0 Å². The number of nitrogens with zero attached hydrogens (tertiary/aromatic N) is 1. The van der Waals surface area contributed by atoms with Gasteiger partial charge in [-0.25, -0.2) is 0 Å². The van der Waals surface area contributed by atoms with Crippen molar-refractivity contribution in [1.82, 2.24) is 4.90 Å². The highest BCUT2D eigenvalue weighted by Crippen LogP contribution is 2.17. The van der Waals surface area contributed by atoms with E-state index in [1.54, 1.807) is 0 Å². The van der Waals surface area contributed by atoms with Crippen LogP contribution in [0.25, 0.3) is 0 Å². The van der Waals surface area contributed by atoms with Gasteiger partial charge >= 0.3 is 0 Å². The molecule has 0 saturated carbocycles. The lowest BCUT2D eigenvalue weighted by molar-refractivity contribution is 0.295. The van der Waals surface area contributed by atoms with Crippen molar-refractivity contribution in [1.29, 1.82) is 0 Å². The molecule has 0 aliphatic rings. The highest BCUT2D eigenvalue weighted by molar-refractivity contribution is 9.10. The number of benzene rings is 1. The average Bonchev–Trinajstić information content (AvgIpc) is 2.29. The quantitative estimate of drug-likeness (QED) is 0.542. The number of hydrogen-bond donors (Lipinski definition) is 0. The van der Waals surface area contributed by atoms with Gasteiger partial charge in [-0.15, -0.1) is 18.2 Å². The third-order valence-corrected chi connectivity index (χ3v) is 3.39. The first-order valence-electron chi connectivity index (χ1n) is 5.40. The first-order valence-corrected chi connectivity index (χ1v) is 6.73. The summed E-state index contributed by atoms with van der Waals surface area (Å²) in [7, 11) is 0. The molecule has 0 aliphatic heterocycles. The lowest BCUT2D eigenvalue weighted by Gasteiger charge is -2.20. The van der Waals surface area contributed by atoms with Crippen molar-refractivity contribution in [2.24, 2.45) is 0 Å². The molecule has 0 N–H and O–H groups in total. The van der Waals surface area contributed by atoms with E-state index in [2.05, 4.69) is 45.6 Å². The Morgan fingerprint density at radius 1 is 1.38 bits per heavy atom.